The van der Waals surface area contributed by atoms with Crippen LogP contribution >= 0.6 is 0 Å². The van der Waals surface area contributed by atoms with Crippen LogP contribution in [0, 0.1) is 0 Å². The summed E-state index contributed by atoms with van der Waals surface area (Å²) in [5.41, 5.74) is 0. The van der Waals surface area contributed by atoms with E-state index in [2.05, 4.69) is 50.9 Å². The van der Waals surface area contributed by atoms with Gasteiger partial charge in [-0.3, -0.25) is 0 Å². The normalized spacial score (nSPS) is 19.7. The van der Waals surface area contributed by atoms with Crippen molar-refractivity contribution in [1.82, 2.24) is 0 Å². The van der Waals surface area contributed by atoms with Crippen LogP contribution < -0.4 is 0 Å². The minimum atomic E-state index is -1.09. The largest absolute Gasteiger partial charge is 0.0773 e. The summed E-state index contributed by atoms with van der Waals surface area (Å²) >= 11 is 0. The van der Waals surface area contributed by atoms with Gasteiger partial charge in [-0.25, -0.2) is 0 Å². The number of allylic oxidation sites excluding steroid dienone is 4. The molecule has 1 heteroatoms. The maximum Gasteiger partial charge on any atom is 0.0596 e. The molecule has 1 aliphatic carbocycles. The molecule has 0 nitrogen and oxygen atoms in total. The van der Waals surface area contributed by atoms with Crippen molar-refractivity contribution in [1.29, 1.82) is 0 Å². The van der Waals surface area contributed by atoms with Crippen molar-refractivity contribution in [3.63, 3.8) is 0 Å². The minimum Gasteiger partial charge on any atom is -0.0773 e. The fourth-order valence-corrected chi connectivity index (χ4v) is 4.14. The monoisotopic (exact) mass is 194 g/mol. The molecule has 0 aromatic heterocycles. The van der Waals surface area contributed by atoms with Crippen molar-refractivity contribution in [2.45, 2.75) is 50.9 Å². The smallest absolute Gasteiger partial charge is 0.0596 e. The second-order valence-corrected chi connectivity index (χ2v) is 10.5. The average Bonchev–Trinajstić information content (AvgIpc) is 2.48. The molecule has 0 radical (unpaired) electrons. The van der Waals surface area contributed by atoms with Gasteiger partial charge in [-0.1, -0.05) is 63.7 Å². The minimum absolute atomic E-state index is 0.461. The van der Waals surface area contributed by atoms with Gasteiger partial charge in [0.2, 0.25) is 0 Å². The number of hydrogen-bond donors (Lipinski definition) is 0. The molecule has 74 valence electrons. The lowest BCUT2D eigenvalue weighted by Crippen LogP contribution is -2.36. The third-order valence-corrected chi connectivity index (χ3v) is 6.61. The lowest BCUT2D eigenvalue weighted by Gasteiger charge is -2.37. The first kappa shape index (κ1) is 10.8. The summed E-state index contributed by atoms with van der Waals surface area (Å²) < 4.78 is 0. The summed E-state index contributed by atoms with van der Waals surface area (Å²) in [5, 5.41) is 0.461. The zero-order chi connectivity index (χ0) is 9.95. The summed E-state index contributed by atoms with van der Waals surface area (Å²) in [7, 11) is -1.09. The lowest BCUT2D eigenvalue weighted by molar-refractivity contribution is 0.644. The standard InChI is InChI=1S/C12H22Si/c1-5-6-9-12(13(2,3)4)10-7-8-11-12/h7-8,10-11H,5-6,9H2,1-4H3. The fourth-order valence-electron chi connectivity index (χ4n) is 2.02. The van der Waals surface area contributed by atoms with Crippen molar-refractivity contribution in [3.05, 3.63) is 24.3 Å². The highest BCUT2D eigenvalue weighted by atomic mass is 28.3. The lowest BCUT2D eigenvalue weighted by atomic mass is 10.0. The average molecular weight is 194 g/mol. The molecule has 1 rings (SSSR count). The third kappa shape index (κ3) is 2.14. The van der Waals surface area contributed by atoms with E-state index in [9.17, 15) is 0 Å². The Bertz CT molecular complexity index is 206. The molecule has 0 N–H and O–H groups in total. The molecule has 0 spiro atoms. The van der Waals surface area contributed by atoms with Gasteiger partial charge in [-0.2, -0.15) is 0 Å². The van der Waals surface area contributed by atoms with E-state index >= 15 is 0 Å². The highest BCUT2D eigenvalue weighted by molar-refractivity contribution is 6.80. The van der Waals surface area contributed by atoms with E-state index in [1.807, 2.05) is 0 Å². The molecule has 0 aromatic carbocycles. The third-order valence-electron chi connectivity index (χ3n) is 3.24. The molecule has 0 unspecified atom stereocenters. The molecule has 0 aromatic rings. The molecule has 0 atom stereocenters. The van der Waals surface area contributed by atoms with Crippen LogP contribution in [0.25, 0.3) is 0 Å². The number of rotatable bonds is 4. The van der Waals surface area contributed by atoms with E-state index in [-0.39, 0.29) is 0 Å². The van der Waals surface area contributed by atoms with Gasteiger partial charge in [0.15, 0.2) is 0 Å². The van der Waals surface area contributed by atoms with Crippen LogP contribution in [0.2, 0.25) is 24.7 Å². The second kappa shape index (κ2) is 3.83. The van der Waals surface area contributed by atoms with E-state index in [4.69, 9.17) is 0 Å². The van der Waals surface area contributed by atoms with Crippen molar-refractivity contribution < 1.29 is 0 Å². The zero-order valence-corrected chi connectivity index (χ0v) is 10.4. The fraction of sp³-hybridized carbons (Fsp3) is 0.667. The molecule has 0 heterocycles. The zero-order valence-electron chi connectivity index (χ0n) is 9.43. The Morgan fingerprint density at radius 2 is 1.62 bits per heavy atom. The molecule has 0 aliphatic heterocycles. The summed E-state index contributed by atoms with van der Waals surface area (Å²) in [6, 6.07) is 0. The molecule has 0 fully saturated rings. The van der Waals surface area contributed by atoms with Crippen molar-refractivity contribution >= 4 is 8.07 Å². The maximum absolute atomic E-state index is 2.47. The van der Waals surface area contributed by atoms with Gasteiger partial charge >= 0.3 is 0 Å². The van der Waals surface area contributed by atoms with Crippen molar-refractivity contribution in [2.24, 2.45) is 0 Å². The molecular weight excluding hydrogens is 172 g/mol. The first-order chi connectivity index (χ1) is 6.02. The Hall–Kier alpha value is -0.303. The van der Waals surface area contributed by atoms with Crippen LogP contribution in [0.3, 0.4) is 0 Å². The van der Waals surface area contributed by atoms with E-state index in [1.165, 1.54) is 19.3 Å². The quantitative estimate of drug-likeness (QED) is 0.583. The van der Waals surface area contributed by atoms with Crippen molar-refractivity contribution in [2.75, 3.05) is 0 Å². The molecule has 0 saturated carbocycles. The van der Waals surface area contributed by atoms with Gasteiger partial charge in [-0.05, 0) is 6.42 Å². The highest BCUT2D eigenvalue weighted by Gasteiger charge is 2.39. The molecule has 1 aliphatic rings. The Morgan fingerprint density at radius 3 is 2.00 bits per heavy atom. The Balaban J connectivity index is 2.77. The van der Waals surface area contributed by atoms with Gasteiger partial charge < -0.3 is 0 Å². The van der Waals surface area contributed by atoms with E-state index in [0.29, 0.717) is 5.04 Å². The predicted octanol–water partition coefficient (Wildman–Crippen LogP) is 4.38. The predicted molar refractivity (Wildman–Crippen MR) is 63.8 cm³/mol. The number of hydrogen-bond acceptors (Lipinski definition) is 0. The maximum atomic E-state index is 2.47. The Labute approximate surface area is 83.7 Å². The van der Waals surface area contributed by atoms with E-state index in [0.717, 1.165) is 0 Å². The van der Waals surface area contributed by atoms with Crippen LogP contribution in [-0.4, -0.2) is 8.07 Å². The SMILES string of the molecule is CCCCC1([Si](C)(C)C)C=CC=C1. The van der Waals surface area contributed by atoms with Crippen LogP contribution in [-0.2, 0) is 0 Å². The van der Waals surface area contributed by atoms with Gasteiger partial charge in [0.1, 0.15) is 0 Å². The Kier molecular flexibility index (Phi) is 3.17. The van der Waals surface area contributed by atoms with Gasteiger partial charge in [-0.15, -0.1) is 0 Å². The number of unbranched alkanes of at least 4 members (excludes halogenated alkanes) is 1. The van der Waals surface area contributed by atoms with E-state index in [1.54, 1.807) is 0 Å². The molecule has 0 saturated heterocycles. The van der Waals surface area contributed by atoms with Crippen LogP contribution in [0.5, 0.6) is 0 Å². The van der Waals surface area contributed by atoms with E-state index < -0.39 is 8.07 Å². The highest BCUT2D eigenvalue weighted by Crippen LogP contribution is 2.48. The summed E-state index contributed by atoms with van der Waals surface area (Å²) in [5.74, 6) is 0. The van der Waals surface area contributed by atoms with Gasteiger partial charge in [0.25, 0.3) is 0 Å². The molecular formula is C12H22Si. The first-order valence-electron chi connectivity index (χ1n) is 5.39. The van der Waals surface area contributed by atoms with Gasteiger partial charge in [0.05, 0.1) is 8.07 Å². The van der Waals surface area contributed by atoms with Crippen LogP contribution in [0.4, 0.5) is 0 Å². The van der Waals surface area contributed by atoms with Crippen LogP contribution in [0.15, 0.2) is 24.3 Å². The molecule has 0 amide bonds. The van der Waals surface area contributed by atoms with Crippen molar-refractivity contribution in [3.8, 4) is 0 Å². The van der Waals surface area contributed by atoms with Crippen LogP contribution in [0.1, 0.15) is 26.2 Å². The topological polar surface area (TPSA) is 0 Å². The van der Waals surface area contributed by atoms with Gasteiger partial charge in [0, 0.05) is 5.04 Å². The summed E-state index contributed by atoms with van der Waals surface area (Å²) in [4.78, 5) is 0. The molecule has 0 bridgehead atoms. The second-order valence-electron chi connectivity index (χ2n) is 5.11. The molecule has 13 heavy (non-hydrogen) atoms. The first-order valence-corrected chi connectivity index (χ1v) is 8.89. The summed E-state index contributed by atoms with van der Waals surface area (Å²) in [6.07, 6.45) is 13.4. The Morgan fingerprint density at radius 1 is 1.08 bits per heavy atom. The summed E-state index contributed by atoms with van der Waals surface area (Å²) in [6.45, 7) is 9.70.